The second-order valence-electron chi connectivity index (χ2n) is 4.56. The van der Waals surface area contributed by atoms with Gasteiger partial charge < -0.3 is 0 Å². The van der Waals surface area contributed by atoms with Gasteiger partial charge in [0.2, 0.25) is 0 Å². The van der Waals surface area contributed by atoms with Crippen LogP contribution in [0.3, 0.4) is 0 Å². The summed E-state index contributed by atoms with van der Waals surface area (Å²) in [4.78, 5) is 0. The maximum absolute atomic E-state index is 8.86. The number of rotatable bonds is 8. The predicted molar refractivity (Wildman–Crippen MR) is 85.3 cm³/mol. The Morgan fingerprint density at radius 3 is 2.58 bits per heavy atom. The van der Waals surface area contributed by atoms with Crippen molar-refractivity contribution in [2.24, 2.45) is 0 Å². The second-order valence-corrected chi connectivity index (χ2v) is 18.6. The first kappa shape index (κ1) is 18.1. The van der Waals surface area contributed by atoms with Crippen molar-refractivity contribution >= 4 is 62.9 Å². The first-order chi connectivity index (χ1) is 9.31. The molecule has 0 N–H and O–H groups in total. The molecule has 0 bridgehead atoms. The maximum atomic E-state index is 8.86. The van der Waals surface area contributed by atoms with Gasteiger partial charge in [-0.3, -0.25) is 0 Å². The molecule has 0 spiro atoms. The summed E-state index contributed by atoms with van der Waals surface area (Å²) in [6, 6.07) is 10.5. The number of nitriles is 1. The SMILES string of the molecule is CCCCC[CH2][In]/[C](=[CH]\[In]=[In])c1ccc(C#N)cc1. The van der Waals surface area contributed by atoms with Crippen molar-refractivity contribution in [3.8, 4) is 6.07 Å². The molecule has 0 saturated carbocycles. The Morgan fingerprint density at radius 1 is 1.26 bits per heavy atom. The van der Waals surface area contributed by atoms with Gasteiger partial charge in [0, 0.05) is 0 Å². The molecule has 1 nitrogen and oxygen atoms in total. The number of hydrogen-bond acceptors (Lipinski definition) is 1. The van der Waals surface area contributed by atoms with E-state index in [0.29, 0.717) is 0 Å². The molecule has 4 heteroatoms. The number of nitrogens with zero attached hydrogens (tertiary/aromatic N) is 1. The standard InChI is InChI=1S/C9H5N.C6H13.3In/c1-2-8-3-5-9(7-10)6-4-8;1-3-5-6-4-2;;;/h1,3-6H;1,3-6H2,2H3;;;. The molecule has 19 heavy (non-hydrogen) atoms. The van der Waals surface area contributed by atoms with Crippen LogP contribution < -0.4 is 0 Å². The first-order valence-electron chi connectivity index (χ1n) is 6.90. The van der Waals surface area contributed by atoms with Gasteiger partial charge in [-0.15, -0.1) is 0 Å². The van der Waals surface area contributed by atoms with E-state index in [1.165, 1.54) is 54.5 Å². The molecule has 0 amide bonds. The minimum absolute atomic E-state index is 0.304. The molecule has 0 aromatic heterocycles. The van der Waals surface area contributed by atoms with Crippen molar-refractivity contribution in [1.82, 2.24) is 0 Å². The Kier molecular flexibility index (Phi) is 11.1. The summed E-state index contributed by atoms with van der Waals surface area (Å²) < 4.78 is 5.90. The van der Waals surface area contributed by atoms with E-state index in [-0.39, 0.29) is 17.6 Å². The number of benzene rings is 1. The van der Waals surface area contributed by atoms with Gasteiger partial charge in [0.1, 0.15) is 0 Å². The van der Waals surface area contributed by atoms with Crippen LogP contribution in [0.15, 0.2) is 28.1 Å². The van der Waals surface area contributed by atoms with E-state index in [1.54, 1.807) is 3.33 Å². The van der Waals surface area contributed by atoms with Crippen LogP contribution in [0, 0.1) is 11.3 Å². The monoisotopic (exact) mass is 557 g/mol. The van der Waals surface area contributed by atoms with E-state index < -0.39 is 22.9 Å². The summed E-state index contributed by atoms with van der Waals surface area (Å²) in [5, 5.41) is 8.86. The van der Waals surface area contributed by atoms with Crippen molar-refractivity contribution in [2.45, 2.75) is 36.8 Å². The van der Waals surface area contributed by atoms with Crippen molar-refractivity contribution in [3.05, 3.63) is 39.2 Å². The van der Waals surface area contributed by atoms with Gasteiger partial charge >= 0.3 is 150 Å². The van der Waals surface area contributed by atoms with Crippen LogP contribution in [0.1, 0.15) is 43.7 Å². The molecular weight excluding hydrogens is 539 g/mol. The molecule has 0 aliphatic rings. The van der Waals surface area contributed by atoms with E-state index in [4.69, 9.17) is 5.26 Å². The molecular formula is C15H18In3N. The molecule has 92 valence electrons. The molecule has 0 saturated heterocycles. The van der Waals surface area contributed by atoms with Gasteiger partial charge in [0.15, 0.2) is 0 Å². The first-order valence-corrected chi connectivity index (χ1v) is 27.5. The van der Waals surface area contributed by atoms with Gasteiger partial charge in [-0.2, -0.15) is 0 Å². The fraction of sp³-hybridized carbons (Fsp3) is 0.400. The zero-order chi connectivity index (χ0) is 13.9. The molecule has 1 aromatic rings. The van der Waals surface area contributed by atoms with E-state index in [2.05, 4.69) is 29.0 Å². The van der Waals surface area contributed by atoms with Crippen LogP contribution in [0.4, 0.5) is 0 Å². The van der Waals surface area contributed by atoms with Crippen LogP contribution in [0.2, 0.25) is 4.18 Å². The van der Waals surface area contributed by atoms with Crippen LogP contribution >= 0.6 is 0 Å². The van der Waals surface area contributed by atoms with Crippen LogP contribution in [-0.2, 0) is 0 Å². The molecule has 0 aliphatic heterocycles. The zero-order valence-corrected chi connectivity index (χ0v) is 21.5. The Balaban J connectivity index is 2.59. The van der Waals surface area contributed by atoms with Crippen molar-refractivity contribution < 1.29 is 0 Å². The van der Waals surface area contributed by atoms with Gasteiger partial charge in [-0.25, -0.2) is 0 Å². The Bertz CT molecular complexity index is 457. The second kappa shape index (κ2) is 11.7. The molecule has 0 aliphatic carbocycles. The fourth-order valence-corrected chi connectivity index (χ4v) is 27.8. The molecule has 1 aromatic carbocycles. The van der Waals surface area contributed by atoms with E-state index in [1.807, 2.05) is 12.1 Å². The van der Waals surface area contributed by atoms with E-state index >= 15 is 0 Å². The van der Waals surface area contributed by atoms with Crippen LogP contribution in [0.5, 0.6) is 0 Å². The average Bonchev–Trinajstić information content (AvgIpc) is 2.46. The van der Waals surface area contributed by atoms with E-state index in [0.717, 1.165) is 5.56 Å². The third kappa shape index (κ3) is 7.58. The van der Waals surface area contributed by atoms with Crippen LogP contribution in [0.25, 0.3) is 3.33 Å². The summed E-state index contributed by atoms with van der Waals surface area (Å²) in [6.45, 7) is 2.28. The number of unbranched alkanes of at least 4 members (excludes halogenated alkanes) is 3. The topological polar surface area (TPSA) is 23.8 Å². The molecule has 2 radical (unpaired) electrons. The molecule has 0 fully saturated rings. The summed E-state index contributed by atoms with van der Waals surface area (Å²) >= 11 is 0.631. The normalized spacial score (nSPS) is 10.6. The number of hydrogen-bond donors (Lipinski definition) is 0. The molecule has 0 atom stereocenters. The molecule has 1 rings (SSSR count). The Morgan fingerprint density at radius 2 is 2.00 bits per heavy atom. The Hall–Kier alpha value is 1.06. The van der Waals surface area contributed by atoms with Gasteiger partial charge in [0.25, 0.3) is 0 Å². The summed E-state index contributed by atoms with van der Waals surface area (Å²) in [5.74, 6) is 0. The Labute approximate surface area is 148 Å². The third-order valence-electron chi connectivity index (χ3n) is 3.05. The van der Waals surface area contributed by atoms with Gasteiger partial charge in [-0.1, -0.05) is 0 Å². The van der Waals surface area contributed by atoms with Crippen molar-refractivity contribution in [3.63, 3.8) is 0 Å². The zero-order valence-electron chi connectivity index (χ0n) is 11.6. The summed E-state index contributed by atoms with van der Waals surface area (Å²) in [5.41, 5.74) is 2.21. The summed E-state index contributed by atoms with van der Waals surface area (Å²) in [6.07, 6.45) is 5.60. The van der Waals surface area contributed by atoms with Gasteiger partial charge in [-0.05, 0) is 0 Å². The third-order valence-corrected chi connectivity index (χ3v) is 16.2. The van der Waals surface area contributed by atoms with Gasteiger partial charge in [0.05, 0.1) is 0 Å². The van der Waals surface area contributed by atoms with Crippen LogP contribution in [-0.4, -0.2) is 59.6 Å². The quantitative estimate of drug-likeness (QED) is 0.451. The molecule has 0 heterocycles. The fourth-order valence-electron chi connectivity index (χ4n) is 1.95. The molecule has 0 unspecified atom stereocenters. The average molecular weight is 557 g/mol. The van der Waals surface area contributed by atoms with Crippen molar-refractivity contribution in [1.29, 1.82) is 5.26 Å². The summed E-state index contributed by atoms with van der Waals surface area (Å²) in [7, 11) is 0. The predicted octanol–water partition coefficient (Wildman–Crippen LogP) is 3.35. The minimum atomic E-state index is -0.566. The van der Waals surface area contributed by atoms with Crippen molar-refractivity contribution in [2.75, 3.05) is 0 Å². The van der Waals surface area contributed by atoms with E-state index in [9.17, 15) is 0 Å².